The third kappa shape index (κ3) is 3.78. The lowest BCUT2D eigenvalue weighted by Gasteiger charge is -2.15. The second kappa shape index (κ2) is 7.77. The Bertz CT molecular complexity index is 839. The van der Waals surface area contributed by atoms with Crippen LogP contribution < -0.4 is 5.32 Å². The van der Waals surface area contributed by atoms with Gasteiger partial charge in [-0.15, -0.1) is 0 Å². The van der Waals surface area contributed by atoms with Gasteiger partial charge in [0.2, 0.25) is 5.89 Å². The molecular formula is C20H20N2O3. The second-order valence-corrected chi connectivity index (χ2v) is 5.70. The Morgan fingerprint density at radius 2 is 1.88 bits per heavy atom. The van der Waals surface area contributed by atoms with Crippen molar-refractivity contribution in [2.24, 2.45) is 0 Å². The number of nitrogens with one attached hydrogen (secondary N) is 1. The standard InChI is InChI=1S/C20H20N2O3/c1-2-15(13-23)22-19(24)16-10-6-7-11-17(16)20-21-12-18(25-20)14-8-4-3-5-9-14/h3-12,15,23H,2,13H2,1H3,(H,22,24). The van der Waals surface area contributed by atoms with Gasteiger partial charge in [0.05, 0.1) is 24.4 Å². The minimum Gasteiger partial charge on any atom is -0.436 e. The first-order valence-corrected chi connectivity index (χ1v) is 8.25. The minimum atomic E-state index is -0.273. The minimum absolute atomic E-state index is 0.0957. The summed E-state index contributed by atoms with van der Waals surface area (Å²) in [6.07, 6.45) is 2.31. The number of amides is 1. The predicted octanol–water partition coefficient (Wildman–Crippen LogP) is 3.51. The van der Waals surface area contributed by atoms with Gasteiger partial charge in [0, 0.05) is 11.1 Å². The van der Waals surface area contributed by atoms with Gasteiger partial charge in [0.15, 0.2) is 5.76 Å². The maximum atomic E-state index is 12.6. The lowest BCUT2D eigenvalue weighted by molar-refractivity contribution is 0.0915. The average Bonchev–Trinajstić information content (AvgIpc) is 3.16. The zero-order chi connectivity index (χ0) is 17.6. The van der Waals surface area contributed by atoms with Gasteiger partial charge in [-0.3, -0.25) is 4.79 Å². The molecule has 5 nitrogen and oxygen atoms in total. The highest BCUT2D eigenvalue weighted by atomic mass is 16.4. The van der Waals surface area contributed by atoms with Crippen molar-refractivity contribution in [3.8, 4) is 22.8 Å². The largest absolute Gasteiger partial charge is 0.436 e. The molecule has 1 aromatic heterocycles. The normalized spacial score (nSPS) is 11.9. The molecule has 1 heterocycles. The molecule has 0 saturated heterocycles. The van der Waals surface area contributed by atoms with Gasteiger partial charge >= 0.3 is 0 Å². The molecule has 1 atom stereocenters. The maximum absolute atomic E-state index is 12.6. The van der Waals surface area contributed by atoms with Crippen molar-refractivity contribution in [3.05, 3.63) is 66.4 Å². The van der Waals surface area contributed by atoms with E-state index in [1.165, 1.54) is 0 Å². The molecule has 0 spiro atoms. The predicted molar refractivity (Wildman–Crippen MR) is 96.0 cm³/mol. The van der Waals surface area contributed by atoms with Crippen molar-refractivity contribution in [1.29, 1.82) is 0 Å². The summed E-state index contributed by atoms with van der Waals surface area (Å²) < 4.78 is 5.86. The van der Waals surface area contributed by atoms with Gasteiger partial charge in [-0.2, -0.15) is 0 Å². The summed E-state index contributed by atoms with van der Waals surface area (Å²) in [6, 6.07) is 16.6. The summed E-state index contributed by atoms with van der Waals surface area (Å²) in [5, 5.41) is 12.1. The molecule has 0 aliphatic rings. The number of hydrogen-bond acceptors (Lipinski definition) is 4. The van der Waals surface area contributed by atoms with Gasteiger partial charge in [0.25, 0.3) is 5.91 Å². The molecule has 0 bridgehead atoms. The van der Waals surface area contributed by atoms with Crippen LogP contribution in [-0.4, -0.2) is 28.6 Å². The van der Waals surface area contributed by atoms with Crippen LogP contribution in [0, 0.1) is 0 Å². The molecule has 2 aromatic carbocycles. The molecule has 128 valence electrons. The number of nitrogens with zero attached hydrogens (tertiary/aromatic N) is 1. The Morgan fingerprint density at radius 1 is 1.16 bits per heavy atom. The van der Waals surface area contributed by atoms with E-state index in [0.717, 1.165) is 5.56 Å². The van der Waals surface area contributed by atoms with E-state index in [1.807, 2.05) is 43.3 Å². The van der Waals surface area contributed by atoms with E-state index in [2.05, 4.69) is 10.3 Å². The van der Waals surface area contributed by atoms with Gasteiger partial charge in [-0.25, -0.2) is 4.98 Å². The van der Waals surface area contributed by atoms with E-state index < -0.39 is 0 Å². The molecule has 1 unspecified atom stereocenters. The highest BCUT2D eigenvalue weighted by Gasteiger charge is 2.18. The van der Waals surface area contributed by atoms with Crippen molar-refractivity contribution >= 4 is 5.91 Å². The Kier molecular flexibility index (Phi) is 5.26. The molecule has 3 aromatic rings. The van der Waals surface area contributed by atoms with Gasteiger partial charge in [-0.1, -0.05) is 49.4 Å². The van der Waals surface area contributed by atoms with Gasteiger partial charge < -0.3 is 14.8 Å². The van der Waals surface area contributed by atoms with E-state index >= 15 is 0 Å². The number of aromatic nitrogens is 1. The van der Waals surface area contributed by atoms with Crippen molar-refractivity contribution in [3.63, 3.8) is 0 Å². The zero-order valence-electron chi connectivity index (χ0n) is 14.0. The molecule has 25 heavy (non-hydrogen) atoms. The number of hydrogen-bond donors (Lipinski definition) is 2. The van der Waals surface area contributed by atoms with Crippen LogP contribution in [0.25, 0.3) is 22.8 Å². The van der Waals surface area contributed by atoms with Crippen molar-refractivity contribution in [2.45, 2.75) is 19.4 Å². The quantitative estimate of drug-likeness (QED) is 0.722. The first kappa shape index (κ1) is 16.9. The molecule has 0 aliphatic carbocycles. The molecule has 0 radical (unpaired) electrons. The smallest absolute Gasteiger partial charge is 0.252 e. The number of aliphatic hydroxyl groups excluding tert-OH is 1. The fraction of sp³-hybridized carbons (Fsp3) is 0.200. The summed E-state index contributed by atoms with van der Waals surface area (Å²) in [7, 11) is 0. The van der Waals surface area contributed by atoms with Crippen LogP contribution in [0.3, 0.4) is 0 Å². The Labute approximate surface area is 146 Å². The summed E-state index contributed by atoms with van der Waals surface area (Å²) in [5.41, 5.74) is 2.01. The third-order valence-electron chi connectivity index (χ3n) is 4.01. The fourth-order valence-electron chi connectivity index (χ4n) is 2.54. The van der Waals surface area contributed by atoms with E-state index in [0.29, 0.717) is 29.2 Å². The van der Waals surface area contributed by atoms with Crippen molar-refractivity contribution < 1.29 is 14.3 Å². The van der Waals surface area contributed by atoms with Crippen molar-refractivity contribution in [1.82, 2.24) is 10.3 Å². The number of rotatable bonds is 6. The first-order valence-electron chi connectivity index (χ1n) is 8.25. The molecule has 0 saturated carbocycles. The van der Waals surface area contributed by atoms with Crippen LogP contribution >= 0.6 is 0 Å². The number of aliphatic hydroxyl groups is 1. The zero-order valence-corrected chi connectivity index (χ0v) is 14.0. The number of oxazole rings is 1. The van der Waals surface area contributed by atoms with E-state index in [9.17, 15) is 9.90 Å². The maximum Gasteiger partial charge on any atom is 0.252 e. The lowest BCUT2D eigenvalue weighted by atomic mass is 10.1. The molecule has 1 amide bonds. The first-order chi connectivity index (χ1) is 12.2. The monoisotopic (exact) mass is 336 g/mol. The van der Waals surface area contributed by atoms with Crippen molar-refractivity contribution in [2.75, 3.05) is 6.61 Å². The van der Waals surface area contributed by atoms with Crippen LogP contribution in [0.2, 0.25) is 0 Å². The van der Waals surface area contributed by atoms with Crippen LogP contribution in [0.15, 0.2) is 65.2 Å². The fourth-order valence-corrected chi connectivity index (χ4v) is 2.54. The topological polar surface area (TPSA) is 75.4 Å². The Morgan fingerprint density at radius 3 is 2.60 bits per heavy atom. The highest BCUT2D eigenvalue weighted by molar-refractivity contribution is 6.00. The highest BCUT2D eigenvalue weighted by Crippen LogP contribution is 2.28. The van der Waals surface area contributed by atoms with E-state index in [1.54, 1.807) is 24.4 Å². The second-order valence-electron chi connectivity index (χ2n) is 5.70. The van der Waals surface area contributed by atoms with Gasteiger partial charge in [0.1, 0.15) is 0 Å². The van der Waals surface area contributed by atoms with Gasteiger partial charge in [-0.05, 0) is 18.6 Å². The number of carbonyl (C=O) groups is 1. The Hall–Kier alpha value is -2.92. The molecule has 0 aliphatic heterocycles. The summed E-state index contributed by atoms with van der Waals surface area (Å²) in [6.45, 7) is 1.81. The number of carbonyl (C=O) groups excluding carboxylic acids is 1. The average molecular weight is 336 g/mol. The van der Waals surface area contributed by atoms with Crippen LogP contribution in [0.1, 0.15) is 23.7 Å². The summed E-state index contributed by atoms with van der Waals surface area (Å²) in [4.78, 5) is 16.9. The molecular weight excluding hydrogens is 316 g/mol. The molecule has 3 rings (SSSR count). The SMILES string of the molecule is CCC(CO)NC(=O)c1ccccc1-c1ncc(-c2ccccc2)o1. The third-order valence-corrected chi connectivity index (χ3v) is 4.01. The Balaban J connectivity index is 1.91. The summed E-state index contributed by atoms with van der Waals surface area (Å²) >= 11 is 0. The van der Waals surface area contributed by atoms with Crippen LogP contribution in [-0.2, 0) is 0 Å². The number of benzene rings is 2. The molecule has 5 heteroatoms. The molecule has 2 N–H and O–H groups in total. The van der Waals surface area contributed by atoms with Crippen LogP contribution in [0.4, 0.5) is 0 Å². The molecule has 0 fully saturated rings. The summed E-state index contributed by atoms with van der Waals surface area (Å²) in [5.74, 6) is 0.783. The van der Waals surface area contributed by atoms with E-state index in [-0.39, 0.29) is 18.6 Å². The lowest BCUT2D eigenvalue weighted by Crippen LogP contribution is -2.37. The van der Waals surface area contributed by atoms with E-state index in [4.69, 9.17) is 4.42 Å². The van der Waals surface area contributed by atoms with Crippen LogP contribution in [0.5, 0.6) is 0 Å².